The summed E-state index contributed by atoms with van der Waals surface area (Å²) in [6.45, 7) is 7.29. The van der Waals surface area contributed by atoms with E-state index in [1.165, 1.54) is 0 Å². The van der Waals surface area contributed by atoms with E-state index in [1.807, 2.05) is 6.92 Å². The summed E-state index contributed by atoms with van der Waals surface area (Å²) in [6, 6.07) is 0. The molecule has 0 amide bonds. The first-order valence-electron chi connectivity index (χ1n) is 3.51. The summed E-state index contributed by atoms with van der Waals surface area (Å²) in [4.78, 5) is 10.9. The first-order chi connectivity index (χ1) is 5.61. The molecule has 0 bridgehead atoms. The monoisotopic (exact) mass is 183 g/mol. The smallest absolute Gasteiger partial charge is 0.156 e. The van der Waals surface area contributed by atoms with Gasteiger partial charge in [-0.3, -0.25) is 0 Å². The van der Waals surface area contributed by atoms with Crippen LogP contribution in [-0.2, 0) is 0 Å². The van der Waals surface area contributed by atoms with Crippen LogP contribution in [0.2, 0.25) is 0 Å². The van der Waals surface area contributed by atoms with Gasteiger partial charge in [-0.15, -0.1) is 0 Å². The molecule has 1 N–H and O–H groups in total. The highest BCUT2D eigenvalue weighted by atomic mass is 35.5. The van der Waals surface area contributed by atoms with Crippen molar-refractivity contribution in [3.8, 4) is 0 Å². The molecule has 0 aromatic carbocycles. The Morgan fingerprint density at radius 3 is 2.83 bits per heavy atom. The number of imidazole rings is 1. The van der Waals surface area contributed by atoms with E-state index in [2.05, 4.69) is 21.5 Å². The molecule has 1 heterocycles. The molecular formula is C8H10ClN3. The lowest BCUT2D eigenvalue weighted by Crippen LogP contribution is -1.94. The Kier molecular flexibility index (Phi) is 2.65. The number of rotatable bonds is 2. The number of allylic oxidation sites excluding steroid dienone is 1. The molecule has 0 spiro atoms. The molecule has 0 aliphatic rings. The summed E-state index contributed by atoms with van der Waals surface area (Å²) in [7, 11) is 0. The number of hydrogen-bond donors (Lipinski definition) is 1. The fourth-order valence-corrected chi connectivity index (χ4v) is 1.12. The highest BCUT2D eigenvalue weighted by Crippen LogP contribution is 2.07. The summed E-state index contributed by atoms with van der Waals surface area (Å²) < 4.78 is 0. The summed E-state index contributed by atoms with van der Waals surface area (Å²) in [5.41, 5.74) is 2.26. The molecule has 3 nitrogen and oxygen atoms in total. The highest BCUT2D eigenvalue weighted by Gasteiger charge is 2.05. The molecule has 0 fully saturated rings. The molecule has 0 radical (unpaired) electrons. The minimum Gasteiger partial charge on any atom is -0.348 e. The third kappa shape index (κ3) is 1.95. The summed E-state index contributed by atoms with van der Waals surface area (Å²) in [6.07, 6.45) is 1.58. The van der Waals surface area contributed by atoms with Crippen molar-refractivity contribution in [3.05, 3.63) is 30.0 Å². The number of aryl methyl sites for hydroxylation is 1. The van der Waals surface area contributed by atoms with Crippen LogP contribution in [0.4, 0.5) is 0 Å². The Morgan fingerprint density at radius 1 is 1.75 bits per heavy atom. The molecular weight excluding hydrogens is 174 g/mol. The van der Waals surface area contributed by atoms with E-state index in [-0.39, 0.29) is 0 Å². The number of H-pyrrole nitrogens is 1. The lowest BCUT2D eigenvalue weighted by Gasteiger charge is -1.94. The predicted octanol–water partition coefficient (Wildman–Crippen LogP) is 2.24. The summed E-state index contributed by atoms with van der Waals surface area (Å²) >= 11 is 5.85. The van der Waals surface area contributed by atoms with E-state index in [9.17, 15) is 0 Å². The zero-order chi connectivity index (χ0) is 9.14. The van der Waals surface area contributed by atoms with Gasteiger partial charge < -0.3 is 4.98 Å². The zero-order valence-corrected chi connectivity index (χ0v) is 7.81. The van der Waals surface area contributed by atoms with Crippen molar-refractivity contribution < 1.29 is 0 Å². The van der Waals surface area contributed by atoms with Gasteiger partial charge in [-0.25, -0.2) is 9.98 Å². The average molecular weight is 184 g/mol. The van der Waals surface area contributed by atoms with E-state index in [1.54, 1.807) is 13.3 Å². The second-order valence-corrected chi connectivity index (χ2v) is 2.87. The van der Waals surface area contributed by atoms with Crippen LogP contribution in [0.25, 0.3) is 0 Å². The Hall–Kier alpha value is -1.09. The summed E-state index contributed by atoms with van der Waals surface area (Å²) in [5.74, 6) is 0. The van der Waals surface area contributed by atoms with E-state index >= 15 is 0 Å². The number of aromatic amines is 1. The van der Waals surface area contributed by atoms with Crippen molar-refractivity contribution in [1.82, 2.24) is 9.97 Å². The molecule has 0 atom stereocenters. The molecule has 0 saturated heterocycles. The molecule has 0 saturated carbocycles. The number of aliphatic imine (C=N–C) groups is 1. The lowest BCUT2D eigenvalue weighted by molar-refractivity contribution is 1.25. The van der Waals surface area contributed by atoms with Gasteiger partial charge in [-0.2, -0.15) is 0 Å². The maximum atomic E-state index is 5.85. The third-order valence-electron chi connectivity index (χ3n) is 1.31. The minimum atomic E-state index is 0.376. The zero-order valence-electron chi connectivity index (χ0n) is 7.06. The maximum absolute atomic E-state index is 5.85. The Balaban J connectivity index is 2.99. The molecule has 0 aliphatic carbocycles. The van der Waals surface area contributed by atoms with Crippen LogP contribution >= 0.6 is 11.6 Å². The number of nitrogens with zero attached hydrogens (tertiary/aromatic N) is 2. The Bertz CT molecular complexity index is 325. The Morgan fingerprint density at radius 2 is 2.42 bits per heavy atom. The van der Waals surface area contributed by atoms with E-state index < -0.39 is 0 Å². The number of halogens is 1. The normalized spacial score (nSPS) is 11.8. The number of aromatic nitrogens is 2. The second-order valence-electron chi connectivity index (χ2n) is 2.51. The molecule has 1 aromatic heterocycles. The van der Waals surface area contributed by atoms with Gasteiger partial charge in [-0.05, 0) is 13.8 Å². The van der Waals surface area contributed by atoms with Gasteiger partial charge in [0.1, 0.15) is 5.69 Å². The maximum Gasteiger partial charge on any atom is 0.156 e. The van der Waals surface area contributed by atoms with Crippen LogP contribution in [0.5, 0.6) is 0 Å². The molecule has 12 heavy (non-hydrogen) atoms. The second kappa shape index (κ2) is 3.54. The van der Waals surface area contributed by atoms with Crippen molar-refractivity contribution in [3.63, 3.8) is 0 Å². The molecule has 0 aliphatic heterocycles. The van der Waals surface area contributed by atoms with Gasteiger partial charge in [-0.1, -0.05) is 18.2 Å². The topological polar surface area (TPSA) is 41.0 Å². The highest BCUT2D eigenvalue weighted by molar-refractivity contribution is 6.69. The predicted molar refractivity (Wildman–Crippen MR) is 50.5 cm³/mol. The van der Waals surface area contributed by atoms with Crippen molar-refractivity contribution in [2.75, 3.05) is 0 Å². The lowest BCUT2D eigenvalue weighted by atomic mass is 10.4. The van der Waals surface area contributed by atoms with Gasteiger partial charge in [0, 0.05) is 11.4 Å². The van der Waals surface area contributed by atoms with Crippen LogP contribution in [0, 0.1) is 6.92 Å². The number of nitrogens with one attached hydrogen (secondary N) is 1. The quantitative estimate of drug-likeness (QED) is 0.702. The molecule has 64 valence electrons. The van der Waals surface area contributed by atoms with E-state index in [4.69, 9.17) is 11.6 Å². The molecule has 1 rings (SSSR count). The first kappa shape index (κ1) is 9.00. The third-order valence-corrected chi connectivity index (χ3v) is 1.58. The van der Waals surface area contributed by atoms with Crippen LogP contribution in [0.1, 0.15) is 18.3 Å². The van der Waals surface area contributed by atoms with Crippen LogP contribution in [0.3, 0.4) is 0 Å². The van der Waals surface area contributed by atoms with Crippen molar-refractivity contribution in [2.45, 2.75) is 13.8 Å². The first-order valence-corrected chi connectivity index (χ1v) is 3.89. The van der Waals surface area contributed by atoms with Crippen LogP contribution in [0.15, 0.2) is 23.6 Å². The summed E-state index contributed by atoms with van der Waals surface area (Å²) in [5, 5.41) is 0.376. The van der Waals surface area contributed by atoms with E-state index in [0.29, 0.717) is 16.6 Å². The van der Waals surface area contributed by atoms with Gasteiger partial charge in [0.05, 0.1) is 6.33 Å². The minimum absolute atomic E-state index is 0.376. The van der Waals surface area contributed by atoms with Gasteiger partial charge in [0.2, 0.25) is 0 Å². The van der Waals surface area contributed by atoms with Gasteiger partial charge >= 0.3 is 0 Å². The fraction of sp³-hybridized carbons (Fsp3) is 0.250. The van der Waals surface area contributed by atoms with Gasteiger partial charge in [0.15, 0.2) is 5.17 Å². The fourth-order valence-electron chi connectivity index (χ4n) is 0.787. The SMILES string of the molecule is C=C(C)/N=C(/Cl)c1nc[nH]c1C. The number of hydrogen-bond acceptors (Lipinski definition) is 2. The van der Waals surface area contributed by atoms with Crippen LogP contribution < -0.4 is 0 Å². The van der Waals surface area contributed by atoms with Crippen LogP contribution in [-0.4, -0.2) is 15.1 Å². The van der Waals surface area contributed by atoms with Crippen molar-refractivity contribution in [2.24, 2.45) is 4.99 Å². The molecule has 0 unspecified atom stereocenters. The van der Waals surface area contributed by atoms with Crippen molar-refractivity contribution in [1.29, 1.82) is 0 Å². The Labute approximate surface area is 76.2 Å². The molecule has 1 aromatic rings. The van der Waals surface area contributed by atoms with Gasteiger partial charge in [0.25, 0.3) is 0 Å². The van der Waals surface area contributed by atoms with Crippen molar-refractivity contribution >= 4 is 16.8 Å². The largest absolute Gasteiger partial charge is 0.348 e. The molecule has 4 heteroatoms. The average Bonchev–Trinajstić information content (AvgIpc) is 2.33. The standard InChI is InChI=1S/C8H10ClN3/c1-5(2)12-8(9)7-6(3)10-4-11-7/h4H,1H2,2-3H3,(H,10,11)/b12-8+. The van der Waals surface area contributed by atoms with E-state index in [0.717, 1.165) is 5.69 Å².